The smallest absolute Gasteiger partial charge is 0.265 e. The van der Waals surface area contributed by atoms with Gasteiger partial charge in [0.15, 0.2) is 0 Å². The Morgan fingerprint density at radius 1 is 1.38 bits per heavy atom. The molecule has 0 saturated carbocycles. The van der Waals surface area contributed by atoms with Crippen LogP contribution in [0.1, 0.15) is 20.3 Å². The van der Waals surface area contributed by atoms with Crippen LogP contribution in [0.3, 0.4) is 0 Å². The number of hydrogen-bond donors (Lipinski definition) is 2. The molecule has 3 nitrogen and oxygen atoms in total. The van der Waals surface area contributed by atoms with E-state index in [1.165, 1.54) is 12.1 Å². The third kappa shape index (κ3) is 3.38. The molecule has 1 aromatic rings. The molecule has 0 spiro atoms. The Balaban J connectivity index is 2.52. The number of benzene rings is 1. The average molecular weight is 222 g/mol. The van der Waals surface area contributed by atoms with Gasteiger partial charge >= 0.3 is 0 Å². The molecule has 86 valence electrons. The van der Waals surface area contributed by atoms with Gasteiger partial charge in [0.25, 0.3) is 5.91 Å². The largest absolute Gasteiger partial charge is 0.298 e. The van der Waals surface area contributed by atoms with Crippen molar-refractivity contribution in [3.8, 4) is 0 Å². The maximum absolute atomic E-state index is 12.6. The number of carbonyl (C=O) groups excluding carboxylic acids is 1. The van der Waals surface area contributed by atoms with Crippen molar-refractivity contribution in [3.63, 3.8) is 0 Å². The Morgan fingerprint density at radius 2 is 2.00 bits per heavy atom. The number of hydrogen-bond acceptors (Lipinski definition) is 2. The molecule has 4 heteroatoms. The van der Waals surface area contributed by atoms with E-state index in [2.05, 4.69) is 10.9 Å². The zero-order valence-corrected chi connectivity index (χ0v) is 9.38. The van der Waals surface area contributed by atoms with Gasteiger partial charge in [-0.1, -0.05) is 13.0 Å². The number of anilines is 1. The van der Waals surface area contributed by atoms with Gasteiger partial charge in [0, 0.05) is 5.57 Å². The third-order valence-electron chi connectivity index (χ3n) is 2.19. The predicted octanol–water partition coefficient (Wildman–Crippen LogP) is 2.63. The molecular formula is C12H15FN2O. The van der Waals surface area contributed by atoms with Gasteiger partial charge in [-0.3, -0.25) is 15.6 Å². The molecule has 0 unspecified atom stereocenters. The van der Waals surface area contributed by atoms with Crippen LogP contribution in [-0.2, 0) is 4.79 Å². The second kappa shape index (κ2) is 5.90. The summed E-state index contributed by atoms with van der Waals surface area (Å²) < 4.78 is 12.6. The Bertz CT molecular complexity index is 385. The Morgan fingerprint density at radius 3 is 2.50 bits per heavy atom. The molecule has 0 aliphatic rings. The lowest BCUT2D eigenvalue weighted by Gasteiger charge is -2.09. The molecule has 0 atom stereocenters. The van der Waals surface area contributed by atoms with Crippen LogP contribution in [0.25, 0.3) is 0 Å². The lowest BCUT2D eigenvalue weighted by Crippen LogP contribution is -2.30. The first-order chi connectivity index (χ1) is 7.67. The quantitative estimate of drug-likeness (QED) is 0.607. The maximum atomic E-state index is 12.6. The van der Waals surface area contributed by atoms with Gasteiger partial charge in [-0.05, 0) is 37.6 Å². The minimum absolute atomic E-state index is 0.172. The monoisotopic (exact) mass is 222 g/mol. The molecule has 0 aliphatic heterocycles. The fourth-order valence-corrected chi connectivity index (χ4v) is 1.24. The fraction of sp³-hybridized carbons (Fsp3) is 0.250. The van der Waals surface area contributed by atoms with Crippen LogP contribution < -0.4 is 10.9 Å². The van der Waals surface area contributed by atoms with Crippen molar-refractivity contribution in [2.24, 2.45) is 0 Å². The minimum atomic E-state index is -0.306. The number of rotatable bonds is 4. The zero-order chi connectivity index (χ0) is 12.0. The van der Waals surface area contributed by atoms with Crippen LogP contribution in [0.15, 0.2) is 35.9 Å². The molecule has 1 amide bonds. The first-order valence-electron chi connectivity index (χ1n) is 5.14. The molecule has 0 heterocycles. The summed E-state index contributed by atoms with van der Waals surface area (Å²) in [4.78, 5) is 11.5. The van der Waals surface area contributed by atoms with E-state index in [0.29, 0.717) is 17.7 Å². The van der Waals surface area contributed by atoms with Crippen molar-refractivity contribution in [3.05, 3.63) is 41.7 Å². The summed E-state index contributed by atoms with van der Waals surface area (Å²) >= 11 is 0. The molecule has 1 rings (SSSR count). The average Bonchev–Trinajstić information content (AvgIpc) is 2.30. The first-order valence-corrected chi connectivity index (χ1v) is 5.14. The van der Waals surface area contributed by atoms with Crippen molar-refractivity contribution < 1.29 is 9.18 Å². The van der Waals surface area contributed by atoms with Gasteiger partial charge in [-0.2, -0.15) is 0 Å². The van der Waals surface area contributed by atoms with Crippen LogP contribution in [-0.4, -0.2) is 5.91 Å². The van der Waals surface area contributed by atoms with E-state index < -0.39 is 0 Å². The number of allylic oxidation sites excluding steroid dienone is 1. The van der Waals surface area contributed by atoms with Crippen molar-refractivity contribution in [2.75, 3.05) is 5.43 Å². The summed E-state index contributed by atoms with van der Waals surface area (Å²) in [5, 5.41) is 0. The van der Waals surface area contributed by atoms with Gasteiger partial charge in [-0.25, -0.2) is 4.39 Å². The first kappa shape index (κ1) is 12.2. The third-order valence-corrected chi connectivity index (χ3v) is 2.19. The summed E-state index contributed by atoms with van der Waals surface area (Å²) in [6.07, 6.45) is 2.44. The Hall–Kier alpha value is -1.84. The lowest BCUT2D eigenvalue weighted by atomic mass is 10.2. The number of nitrogens with one attached hydrogen (secondary N) is 2. The van der Waals surface area contributed by atoms with Crippen LogP contribution in [0.5, 0.6) is 0 Å². The van der Waals surface area contributed by atoms with Crippen LogP contribution in [0.4, 0.5) is 10.1 Å². The number of halogens is 1. The lowest BCUT2D eigenvalue weighted by molar-refractivity contribution is -0.117. The van der Waals surface area contributed by atoms with Gasteiger partial charge in [0.2, 0.25) is 0 Å². The minimum Gasteiger partial charge on any atom is -0.298 e. The highest BCUT2D eigenvalue weighted by Crippen LogP contribution is 2.07. The second-order valence-corrected chi connectivity index (χ2v) is 3.25. The molecule has 1 aromatic carbocycles. The topological polar surface area (TPSA) is 41.1 Å². The summed E-state index contributed by atoms with van der Waals surface area (Å²) in [6, 6.07) is 5.75. The number of amides is 1. The highest BCUT2D eigenvalue weighted by molar-refractivity contribution is 5.93. The van der Waals surface area contributed by atoms with E-state index in [0.717, 1.165) is 0 Å². The Kier molecular flexibility index (Phi) is 4.51. The second-order valence-electron chi connectivity index (χ2n) is 3.25. The molecule has 0 aromatic heterocycles. The Labute approximate surface area is 94.3 Å². The standard InChI is InChI=1S/C12H15FN2O/c1-3-9(4-2)12(16)15-14-11-7-5-10(13)6-8-11/h3,5-8,14H,4H2,1-2H3,(H,15,16)/b9-3+. The van der Waals surface area contributed by atoms with Crippen molar-refractivity contribution >= 4 is 11.6 Å². The van der Waals surface area contributed by atoms with Crippen LogP contribution in [0.2, 0.25) is 0 Å². The van der Waals surface area contributed by atoms with E-state index in [1.807, 2.05) is 13.8 Å². The molecule has 0 bridgehead atoms. The number of hydrazine groups is 1. The summed E-state index contributed by atoms with van der Waals surface area (Å²) in [6.45, 7) is 3.73. The van der Waals surface area contributed by atoms with Gasteiger partial charge in [0.1, 0.15) is 5.82 Å². The summed E-state index contributed by atoms with van der Waals surface area (Å²) in [5.41, 5.74) is 6.60. The van der Waals surface area contributed by atoms with Gasteiger partial charge < -0.3 is 0 Å². The maximum Gasteiger partial charge on any atom is 0.265 e. The molecule has 2 N–H and O–H groups in total. The molecule has 0 radical (unpaired) electrons. The predicted molar refractivity (Wildman–Crippen MR) is 62.2 cm³/mol. The SMILES string of the molecule is C/C=C(\CC)C(=O)NNc1ccc(F)cc1. The molecular weight excluding hydrogens is 207 g/mol. The van der Waals surface area contributed by atoms with Crippen molar-refractivity contribution in [2.45, 2.75) is 20.3 Å². The van der Waals surface area contributed by atoms with Crippen molar-refractivity contribution in [1.29, 1.82) is 0 Å². The zero-order valence-electron chi connectivity index (χ0n) is 9.38. The van der Waals surface area contributed by atoms with Crippen molar-refractivity contribution in [1.82, 2.24) is 5.43 Å². The van der Waals surface area contributed by atoms with Gasteiger partial charge in [-0.15, -0.1) is 0 Å². The number of carbonyl (C=O) groups is 1. The highest BCUT2D eigenvalue weighted by atomic mass is 19.1. The van der Waals surface area contributed by atoms with E-state index in [1.54, 1.807) is 18.2 Å². The highest BCUT2D eigenvalue weighted by Gasteiger charge is 2.04. The van der Waals surface area contributed by atoms with Crippen LogP contribution in [0, 0.1) is 5.82 Å². The summed E-state index contributed by atoms with van der Waals surface area (Å²) in [5.74, 6) is -0.478. The molecule has 16 heavy (non-hydrogen) atoms. The molecule has 0 saturated heterocycles. The van der Waals surface area contributed by atoms with E-state index in [4.69, 9.17) is 0 Å². The molecule has 0 aliphatic carbocycles. The fourth-order valence-electron chi connectivity index (χ4n) is 1.24. The van der Waals surface area contributed by atoms with E-state index in [-0.39, 0.29) is 11.7 Å². The molecule has 0 fully saturated rings. The van der Waals surface area contributed by atoms with E-state index >= 15 is 0 Å². The summed E-state index contributed by atoms with van der Waals surface area (Å²) in [7, 11) is 0. The normalized spacial score (nSPS) is 11.1. The van der Waals surface area contributed by atoms with Crippen LogP contribution >= 0.6 is 0 Å². The van der Waals surface area contributed by atoms with Gasteiger partial charge in [0.05, 0.1) is 5.69 Å². The van der Waals surface area contributed by atoms with E-state index in [9.17, 15) is 9.18 Å².